The van der Waals surface area contributed by atoms with Gasteiger partial charge in [0.25, 0.3) is 0 Å². The van der Waals surface area contributed by atoms with E-state index in [2.05, 4.69) is 17.7 Å². The Morgan fingerprint density at radius 1 is 1.12 bits per heavy atom. The van der Waals surface area contributed by atoms with Crippen molar-refractivity contribution in [1.82, 2.24) is 10.7 Å². The molecule has 5 aliphatic rings. The fourth-order valence-electron chi connectivity index (χ4n) is 6.11. The predicted molar refractivity (Wildman–Crippen MR) is 104 cm³/mol. The Balaban J connectivity index is 1.24. The highest BCUT2D eigenvalue weighted by molar-refractivity contribution is 7.80. The summed E-state index contributed by atoms with van der Waals surface area (Å²) in [5.41, 5.74) is 4.78. The number of quaternary nitrogens is 1. The van der Waals surface area contributed by atoms with Crippen LogP contribution in [0.1, 0.15) is 45.4 Å². The lowest BCUT2D eigenvalue weighted by Crippen LogP contribution is -3.14. The van der Waals surface area contributed by atoms with E-state index in [-0.39, 0.29) is 0 Å². The van der Waals surface area contributed by atoms with E-state index >= 15 is 0 Å². The minimum Gasteiger partial charge on any atom is -0.370 e. The summed E-state index contributed by atoms with van der Waals surface area (Å²) in [5, 5.41) is 8.69. The quantitative estimate of drug-likeness (QED) is 0.386. The lowest BCUT2D eigenvalue weighted by molar-refractivity contribution is -0.906. The second-order valence-corrected chi connectivity index (χ2v) is 9.28. The summed E-state index contributed by atoms with van der Waals surface area (Å²) in [6.07, 6.45) is 8.50. The molecule has 4 saturated carbocycles. The molecule has 25 heavy (non-hydrogen) atoms. The number of hydrazone groups is 1. The average molecular weight is 366 g/mol. The van der Waals surface area contributed by atoms with Gasteiger partial charge in [0.2, 0.25) is 0 Å². The number of ether oxygens (including phenoxy) is 1. The standard InChI is InChI=1S/C19H32N4OS/c1-14(19-11-15-8-16(12-19)10-17(9-15)13-19)21-22-18(25)20-2-3-23-4-6-24-7-5-23/h15-17H,2-13H2,1H3,(H2,20,22,25)/p+1/b21-14-. The van der Waals surface area contributed by atoms with Crippen molar-refractivity contribution in [2.45, 2.75) is 45.4 Å². The van der Waals surface area contributed by atoms with Gasteiger partial charge in [-0.15, -0.1) is 0 Å². The molecule has 1 heterocycles. The van der Waals surface area contributed by atoms with Crippen LogP contribution in [-0.4, -0.2) is 50.2 Å². The molecule has 5 fully saturated rings. The fraction of sp³-hybridized carbons (Fsp3) is 0.895. The van der Waals surface area contributed by atoms with Crippen LogP contribution < -0.4 is 15.6 Å². The minimum absolute atomic E-state index is 0.370. The van der Waals surface area contributed by atoms with E-state index in [4.69, 9.17) is 22.1 Å². The van der Waals surface area contributed by atoms with Crippen LogP contribution in [0.4, 0.5) is 0 Å². The van der Waals surface area contributed by atoms with Crippen molar-refractivity contribution in [1.29, 1.82) is 0 Å². The normalized spacial score (nSPS) is 38.0. The van der Waals surface area contributed by atoms with E-state index in [1.165, 1.54) is 44.2 Å². The van der Waals surface area contributed by atoms with E-state index in [0.29, 0.717) is 10.5 Å². The number of morpholine rings is 1. The van der Waals surface area contributed by atoms with Gasteiger partial charge in [0, 0.05) is 11.1 Å². The van der Waals surface area contributed by atoms with Crippen LogP contribution >= 0.6 is 12.2 Å². The van der Waals surface area contributed by atoms with Crippen molar-refractivity contribution in [2.24, 2.45) is 28.3 Å². The van der Waals surface area contributed by atoms with Gasteiger partial charge >= 0.3 is 0 Å². The van der Waals surface area contributed by atoms with Gasteiger partial charge < -0.3 is 15.0 Å². The van der Waals surface area contributed by atoms with Crippen LogP contribution in [-0.2, 0) is 4.74 Å². The Labute approximate surface area is 156 Å². The van der Waals surface area contributed by atoms with Crippen LogP contribution in [0, 0.1) is 23.2 Å². The third kappa shape index (κ3) is 4.01. The highest BCUT2D eigenvalue weighted by Gasteiger charge is 2.52. The van der Waals surface area contributed by atoms with Gasteiger partial charge in [0.05, 0.1) is 26.3 Å². The highest BCUT2D eigenvalue weighted by Crippen LogP contribution is 2.60. The van der Waals surface area contributed by atoms with Crippen LogP contribution in [0.5, 0.6) is 0 Å². The van der Waals surface area contributed by atoms with Gasteiger partial charge in [0.1, 0.15) is 13.1 Å². The fourth-order valence-corrected chi connectivity index (χ4v) is 6.26. The molecule has 0 radical (unpaired) electrons. The molecule has 5 nitrogen and oxygen atoms in total. The minimum atomic E-state index is 0.370. The van der Waals surface area contributed by atoms with Crippen molar-refractivity contribution < 1.29 is 9.64 Å². The first-order chi connectivity index (χ1) is 12.1. The Morgan fingerprint density at radius 2 is 1.72 bits per heavy atom. The zero-order valence-corrected chi connectivity index (χ0v) is 16.3. The van der Waals surface area contributed by atoms with Gasteiger partial charge in [-0.25, -0.2) is 0 Å². The Bertz CT molecular complexity index is 494. The summed E-state index contributed by atoms with van der Waals surface area (Å²) in [4.78, 5) is 1.59. The summed E-state index contributed by atoms with van der Waals surface area (Å²) < 4.78 is 5.40. The smallest absolute Gasteiger partial charge is 0.187 e. The first kappa shape index (κ1) is 17.7. The number of thiocarbonyl (C=S) groups is 1. The van der Waals surface area contributed by atoms with Gasteiger partial charge in [-0.3, -0.25) is 5.43 Å². The molecule has 0 atom stereocenters. The maximum Gasteiger partial charge on any atom is 0.187 e. The molecule has 3 N–H and O–H groups in total. The molecule has 0 aromatic rings. The Hall–Kier alpha value is -0.720. The molecular weight excluding hydrogens is 332 g/mol. The molecule has 0 unspecified atom stereocenters. The van der Waals surface area contributed by atoms with Crippen LogP contribution in [0.3, 0.4) is 0 Å². The third-order valence-corrected chi connectivity index (χ3v) is 7.33. The molecule has 140 valence electrons. The van der Waals surface area contributed by atoms with Gasteiger partial charge in [0.15, 0.2) is 5.11 Å². The van der Waals surface area contributed by atoms with Crippen molar-refractivity contribution in [2.75, 3.05) is 39.4 Å². The predicted octanol–water partition coefficient (Wildman–Crippen LogP) is 0.958. The lowest BCUT2D eigenvalue weighted by Gasteiger charge is -2.56. The molecule has 1 saturated heterocycles. The molecule has 1 aliphatic heterocycles. The van der Waals surface area contributed by atoms with E-state index in [9.17, 15) is 0 Å². The molecule has 0 aromatic heterocycles. The summed E-state index contributed by atoms with van der Waals surface area (Å²) in [6, 6.07) is 0. The number of nitrogens with one attached hydrogen (secondary N) is 3. The molecule has 0 aromatic carbocycles. The molecule has 0 spiro atoms. The second kappa shape index (κ2) is 7.49. The van der Waals surface area contributed by atoms with E-state index < -0.39 is 0 Å². The first-order valence-corrected chi connectivity index (χ1v) is 10.5. The summed E-state index contributed by atoms with van der Waals surface area (Å²) in [6.45, 7) is 8.17. The maximum absolute atomic E-state index is 5.42. The van der Waals surface area contributed by atoms with Crippen molar-refractivity contribution >= 4 is 23.0 Å². The van der Waals surface area contributed by atoms with Gasteiger partial charge in [-0.2, -0.15) is 5.10 Å². The summed E-state index contributed by atoms with van der Waals surface area (Å²) in [7, 11) is 0. The van der Waals surface area contributed by atoms with Crippen LogP contribution in [0.15, 0.2) is 5.10 Å². The largest absolute Gasteiger partial charge is 0.370 e. The zero-order valence-electron chi connectivity index (χ0n) is 15.5. The van der Waals surface area contributed by atoms with Gasteiger partial charge in [-0.05, 0) is 75.4 Å². The molecule has 4 bridgehead atoms. The maximum atomic E-state index is 5.42. The number of nitrogens with zero attached hydrogens (tertiary/aromatic N) is 1. The van der Waals surface area contributed by atoms with Crippen LogP contribution in [0.2, 0.25) is 0 Å². The Kier molecular flexibility index (Phi) is 5.30. The summed E-state index contributed by atoms with van der Waals surface area (Å²) in [5.74, 6) is 2.87. The van der Waals surface area contributed by atoms with Crippen molar-refractivity contribution in [3.05, 3.63) is 0 Å². The average Bonchev–Trinajstić information content (AvgIpc) is 2.59. The highest BCUT2D eigenvalue weighted by atomic mass is 32.1. The second-order valence-electron chi connectivity index (χ2n) is 8.88. The molecule has 5 rings (SSSR count). The Morgan fingerprint density at radius 3 is 2.32 bits per heavy atom. The van der Waals surface area contributed by atoms with Crippen LogP contribution in [0.25, 0.3) is 0 Å². The third-order valence-electron chi connectivity index (χ3n) is 7.09. The molecule has 6 heteroatoms. The van der Waals surface area contributed by atoms with E-state index in [1.54, 1.807) is 4.90 Å². The van der Waals surface area contributed by atoms with E-state index in [1.807, 2.05) is 0 Å². The number of hydrogen-bond acceptors (Lipinski definition) is 3. The topological polar surface area (TPSA) is 50.1 Å². The number of hydrogen-bond donors (Lipinski definition) is 3. The number of rotatable bonds is 5. The van der Waals surface area contributed by atoms with Gasteiger partial charge in [-0.1, -0.05) is 0 Å². The molecule has 4 aliphatic carbocycles. The van der Waals surface area contributed by atoms with Crippen molar-refractivity contribution in [3.8, 4) is 0 Å². The van der Waals surface area contributed by atoms with Crippen molar-refractivity contribution in [3.63, 3.8) is 0 Å². The van der Waals surface area contributed by atoms with E-state index in [0.717, 1.165) is 57.1 Å². The molecule has 0 amide bonds. The molecular formula is C19H33N4OS+. The summed E-state index contributed by atoms with van der Waals surface area (Å²) >= 11 is 5.42. The SMILES string of the molecule is C/C(=N/NC(=S)NCC[NH+]1CCOCC1)C12CC3CC(CC(C3)C1)C2. The zero-order chi connectivity index (χ0) is 17.3. The monoisotopic (exact) mass is 365 g/mol. The lowest BCUT2D eigenvalue weighted by atomic mass is 9.48. The first-order valence-electron chi connectivity index (χ1n) is 10.1.